The Kier molecular flexibility index (Phi) is 5.22. The lowest BCUT2D eigenvalue weighted by Crippen LogP contribution is -2.09. The topological polar surface area (TPSA) is 41.9 Å². The van der Waals surface area contributed by atoms with Crippen LogP contribution >= 0.6 is 0 Å². The highest BCUT2D eigenvalue weighted by molar-refractivity contribution is 5.90. The molecule has 0 N–H and O–H groups in total. The molecule has 3 aromatic rings. The molecular weight excluding hydrogens is 312 g/mol. The van der Waals surface area contributed by atoms with Crippen LogP contribution in [0.25, 0.3) is 0 Å². The first-order valence-corrected chi connectivity index (χ1v) is 7.90. The molecule has 0 unspecified atom stereocenters. The van der Waals surface area contributed by atoms with Crippen LogP contribution in [0, 0.1) is 0 Å². The second-order valence-electron chi connectivity index (χ2n) is 5.34. The van der Waals surface area contributed by atoms with E-state index in [0.717, 1.165) is 16.9 Å². The molecule has 0 aliphatic rings. The van der Waals surface area contributed by atoms with E-state index in [9.17, 15) is 4.79 Å². The smallest absolute Gasteiger partial charge is 0.337 e. The van der Waals surface area contributed by atoms with Gasteiger partial charge in [0.05, 0.1) is 30.3 Å². The number of para-hydroxylation sites is 2. The van der Waals surface area contributed by atoms with Crippen molar-refractivity contribution in [2.24, 2.45) is 5.10 Å². The summed E-state index contributed by atoms with van der Waals surface area (Å²) in [7, 11) is 1.37. The minimum atomic E-state index is -0.348. The molecular formula is C21H18N2O2. The summed E-state index contributed by atoms with van der Waals surface area (Å²) < 4.78 is 4.71. The van der Waals surface area contributed by atoms with Crippen LogP contribution in [0.2, 0.25) is 0 Å². The predicted octanol–water partition coefficient (Wildman–Crippen LogP) is 4.65. The number of carbonyl (C=O) groups excluding carboxylic acids is 1. The zero-order chi connectivity index (χ0) is 17.5. The third-order valence-electron chi connectivity index (χ3n) is 3.66. The van der Waals surface area contributed by atoms with Gasteiger partial charge in [0.2, 0.25) is 0 Å². The highest BCUT2D eigenvalue weighted by Gasteiger charge is 2.07. The number of hydrazone groups is 1. The van der Waals surface area contributed by atoms with Gasteiger partial charge >= 0.3 is 5.97 Å². The van der Waals surface area contributed by atoms with Gasteiger partial charge in [0, 0.05) is 0 Å². The summed E-state index contributed by atoms with van der Waals surface area (Å²) in [4.78, 5) is 11.5. The van der Waals surface area contributed by atoms with Gasteiger partial charge in [-0.2, -0.15) is 5.10 Å². The van der Waals surface area contributed by atoms with Gasteiger partial charge in [0.1, 0.15) is 0 Å². The molecule has 0 bridgehead atoms. The number of methoxy groups -OCH3 is 1. The Morgan fingerprint density at radius 1 is 0.840 bits per heavy atom. The number of nitrogens with zero attached hydrogens (tertiary/aromatic N) is 2. The van der Waals surface area contributed by atoms with Crippen LogP contribution < -0.4 is 5.01 Å². The van der Waals surface area contributed by atoms with Crippen molar-refractivity contribution in [1.29, 1.82) is 0 Å². The summed E-state index contributed by atoms with van der Waals surface area (Å²) >= 11 is 0. The van der Waals surface area contributed by atoms with Gasteiger partial charge in [-0.05, 0) is 42.0 Å². The highest BCUT2D eigenvalue weighted by atomic mass is 16.5. The van der Waals surface area contributed by atoms with E-state index in [1.165, 1.54) is 7.11 Å². The quantitative estimate of drug-likeness (QED) is 0.389. The van der Waals surface area contributed by atoms with Crippen LogP contribution in [-0.2, 0) is 4.74 Å². The molecule has 0 fully saturated rings. The summed E-state index contributed by atoms with van der Waals surface area (Å²) in [6.07, 6.45) is 1.76. The maximum Gasteiger partial charge on any atom is 0.337 e. The van der Waals surface area contributed by atoms with Crippen LogP contribution in [-0.4, -0.2) is 19.3 Å². The number of benzene rings is 3. The molecule has 0 heterocycles. The molecule has 3 aromatic carbocycles. The number of esters is 1. The summed E-state index contributed by atoms with van der Waals surface area (Å²) in [5, 5.41) is 6.49. The molecule has 124 valence electrons. The molecule has 0 radical (unpaired) electrons. The van der Waals surface area contributed by atoms with E-state index in [4.69, 9.17) is 4.74 Å². The molecule has 0 amide bonds. The lowest BCUT2D eigenvalue weighted by Gasteiger charge is -2.19. The number of hydrogen-bond acceptors (Lipinski definition) is 4. The Hall–Kier alpha value is -3.40. The van der Waals surface area contributed by atoms with Crippen LogP contribution in [0.15, 0.2) is 90.0 Å². The predicted molar refractivity (Wildman–Crippen MR) is 100 cm³/mol. The molecule has 25 heavy (non-hydrogen) atoms. The Balaban J connectivity index is 1.88. The Labute approximate surface area is 147 Å². The maximum atomic E-state index is 11.5. The first kappa shape index (κ1) is 16.5. The first-order chi connectivity index (χ1) is 12.3. The van der Waals surface area contributed by atoms with Crippen molar-refractivity contribution >= 4 is 23.6 Å². The molecule has 0 aromatic heterocycles. The van der Waals surface area contributed by atoms with Gasteiger partial charge in [-0.1, -0.05) is 48.5 Å². The SMILES string of the molecule is COC(=O)c1ccc(C=NN(c2ccccc2)c2ccccc2)cc1. The standard InChI is InChI=1S/C21H18N2O2/c1-25-21(24)18-14-12-17(13-15-18)16-22-23(19-8-4-2-5-9-19)20-10-6-3-7-11-20/h2-16H,1H3. The summed E-state index contributed by atoms with van der Waals surface area (Å²) in [6.45, 7) is 0. The van der Waals surface area contributed by atoms with E-state index in [2.05, 4.69) is 5.10 Å². The largest absolute Gasteiger partial charge is 0.465 e. The molecule has 4 heteroatoms. The van der Waals surface area contributed by atoms with Gasteiger partial charge in [-0.25, -0.2) is 9.80 Å². The van der Waals surface area contributed by atoms with Crippen LogP contribution in [0.3, 0.4) is 0 Å². The van der Waals surface area contributed by atoms with E-state index in [0.29, 0.717) is 5.56 Å². The third-order valence-corrected chi connectivity index (χ3v) is 3.66. The lowest BCUT2D eigenvalue weighted by atomic mass is 10.1. The minimum absolute atomic E-state index is 0.348. The number of carbonyl (C=O) groups is 1. The molecule has 0 saturated heterocycles. The van der Waals surface area contributed by atoms with Gasteiger partial charge in [-0.15, -0.1) is 0 Å². The van der Waals surface area contributed by atoms with Gasteiger partial charge in [0.15, 0.2) is 0 Å². The van der Waals surface area contributed by atoms with Gasteiger partial charge < -0.3 is 4.74 Å². The minimum Gasteiger partial charge on any atom is -0.465 e. The monoisotopic (exact) mass is 330 g/mol. The molecule has 0 aliphatic heterocycles. The number of hydrogen-bond donors (Lipinski definition) is 0. The third kappa shape index (κ3) is 4.12. The Morgan fingerprint density at radius 3 is 1.84 bits per heavy atom. The zero-order valence-corrected chi connectivity index (χ0v) is 13.9. The van der Waals surface area contributed by atoms with Gasteiger partial charge in [-0.3, -0.25) is 0 Å². The normalized spacial score (nSPS) is 10.6. The maximum absolute atomic E-state index is 11.5. The van der Waals surface area contributed by atoms with E-state index in [1.807, 2.05) is 77.8 Å². The van der Waals surface area contributed by atoms with Crippen molar-refractivity contribution in [3.05, 3.63) is 96.1 Å². The zero-order valence-electron chi connectivity index (χ0n) is 13.9. The van der Waals surface area contributed by atoms with Gasteiger partial charge in [0.25, 0.3) is 0 Å². The van der Waals surface area contributed by atoms with E-state index in [-0.39, 0.29) is 5.97 Å². The summed E-state index contributed by atoms with van der Waals surface area (Å²) in [5.74, 6) is -0.348. The van der Waals surface area contributed by atoms with Crippen LogP contribution in [0.1, 0.15) is 15.9 Å². The fraction of sp³-hybridized carbons (Fsp3) is 0.0476. The van der Waals surface area contributed by atoms with Crippen molar-refractivity contribution in [2.45, 2.75) is 0 Å². The van der Waals surface area contributed by atoms with Crippen LogP contribution in [0.4, 0.5) is 11.4 Å². The average Bonchev–Trinajstić information content (AvgIpc) is 2.70. The fourth-order valence-corrected chi connectivity index (χ4v) is 2.37. The van der Waals surface area contributed by atoms with E-state index >= 15 is 0 Å². The van der Waals surface area contributed by atoms with E-state index in [1.54, 1.807) is 18.3 Å². The Morgan fingerprint density at radius 2 is 1.36 bits per heavy atom. The van der Waals surface area contributed by atoms with Crippen molar-refractivity contribution in [3.8, 4) is 0 Å². The summed E-state index contributed by atoms with van der Waals surface area (Å²) in [6, 6.07) is 27.0. The van der Waals surface area contributed by atoms with Crippen molar-refractivity contribution in [1.82, 2.24) is 0 Å². The number of rotatable bonds is 5. The van der Waals surface area contributed by atoms with Crippen molar-refractivity contribution in [3.63, 3.8) is 0 Å². The lowest BCUT2D eigenvalue weighted by molar-refractivity contribution is 0.0600. The molecule has 0 aliphatic carbocycles. The molecule has 0 saturated carbocycles. The van der Waals surface area contributed by atoms with Crippen molar-refractivity contribution in [2.75, 3.05) is 12.1 Å². The Bertz CT molecular complexity index is 805. The second-order valence-corrected chi connectivity index (χ2v) is 5.34. The summed E-state index contributed by atoms with van der Waals surface area (Å²) in [5.41, 5.74) is 3.35. The molecule has 3 rings (SSSR count). The molecule has 4 nitrogen and oxygen atoms in total. The first-order valence-electron chi connectivity index (χ1n) is 7.90. The van der Waals surface area contributed by atoms with E-state index < -0.39 is 0 Å². The molecule has 0 atom stereocenters. The van der Waals surface area contributed by atoms with Crippen molar-refractivity contribution < 1.29 is 9.53 Å². The molecule has 0 spiro atoms. The second kappa shape index (κ2) is 7.93. The number of ether oxygens (including phenoxy) is 1. The van der Waals surface area contributed by atoms with Crippen LogP contribution in [0.5, 0.6) is 0 Å². The average molecular weight is 330 g/mol. The number of anilines is 2. The highest BCUT2D eigenvalue weighted by Crippen LogP contribution is 2.25. The fourth-order valence-electron chi connectivity index (χ4n) is 2.37.